The van der Waals surface area contributed by atoms with Crippen molar-refractivity contribution in [1.82, 2.24) is 0 Å². The van der Waals surface area contributed by atoms with Gasteiger partial charge < -0.3 is 9.47 Å². The van der Waals surface area contributed by atoms with Crippen LogP contribution in [0.1, 0.15) is 18.1 Å². The van der Waals surface area contributed by atoms with Crippen LogP contribution in [0.2, 0.25) is 0 Å². The molecular formula is C20H16F3NO6. The summed E-state index contributed by atoms with van der Waals surface area (Å²) in [6.45, 7) is 0.563. The highest BCUT2D eigenvalue weighted by Gasteiger charge is 2.30. The minimum absolute atomic E-state index is 0.0557. The van der Waals surface area contributed by atoms with E-state index >= 15 is 0 Å². The molecule has 7 nitrogen and oxygen atoms in total. The molecule has 0 amide bonds. The quantitative estimate of drug-likeness (QED) is 0.120. The number of carbonyl (C=O) groups excluding carboxylic acids is 2. The van der Waals surface area contributed by atoms with Crippen molar-refractivity contribution in [1.29, 1.82) is 0 Å². The molecule has 0 radical (unpaired) electrons. The van der Waals surface area contributed by atoms with Crippen molar-refractivity contribution in [3.05, 3.63) is 75.3 Å². The monoisotopic (exact) mass is 423 g/mol. The molecule has 0 heterocycles. The van der Waals surface area contributed by atoms with Gasteiger partial charge in [-0.15, -0.1) is 0 Å². The predicted molar refractivity (Wildman–Crippen MR) is 99.7 cm³/mol. The maximum Gasteiger partial charge on any atom is 0.416 e. The second-order valence-corrected chi connectivity index (χ2v) is 5.98. The third kappa shape index (κ3) is 6.43. The van der Waals surface area contributed by atoms with Crippen molar-refractivity contribution >= 4 is 23.5 Å². The first kappa shape index (κ1) is 22.6. The summed E-state index contributed by atoms with van der Waals surface area (Å²) in [4.78, 5) is 34.1. The average molecular weight is 423 g/mol. The van der Waals surface area contributed by atoms with Crippen LogP contribution in [0.25, 0.3) is 6.08 Å². The number of hydrogen-bond donors (Lipinski definition) is 0. The van der Waals surface area contributed by atoms with Crippen LogP contribution in [0.4, 0.5) is 18.9 Å². The minimum Gasteiger partial charge on any atom is -0.490 e. The Morgan fingerprint density at radius 2 is 1.80 bits per heavy atom. The highest BCUT2D eigenvalue weighted by molar-refractivity contribution is 6.19. The second kappa shape index (κ2) is 9.68. The molecule has 2 aromatic carbocycles. The zero-order chi connectivity index (χ0) is 22.3. The maximum atomic E-state index is 12.7. The van der Waals surface area contributed by atoms with Crippen LogP contribution in [0.15, 0.2) is 54.1 Å². The molecule has 0 unspecified atom stereocenters. The van der Waals surface area contributed by atoms with Gasteiger partial charge >= 0.3 is 12.1 Å². The number of alkyl halides is 3. The Morgan fingerprint density at radius 3 is 2.43 bits per heavy atom. The number of carbonyl (C=O) groups is 2. The van der Waals surface area contributed by atoms with Crippen LogP contribution in [0, 0.1) is 10.1 Å². The zero-order valence-electron chi connectivity index (χ0n) is 15.6. The van der Waals surface area contributed by atoms with Crippen LogP contribution in [-0.4, -0.2) is 29.9 Å². The fraction of sp³-hybridized carbons (Fsp3) is 0.200. The summed E-state index contributed by atoms with van der Waals surface area (Å²) in [6.07, 6.45) is -3.36. The Morgan fingerprint density at radius 1 is 1.10 bits per heavy atom. The van der Waals surface area contributed by atoms with E-state index in [1.165, 1.54) is 36.4 Å². The molecule has 2 aromatic rings. The van der Waals surface area contributed by atoms with Crippen molar-refractivity contribution < 1.29 is 37.2 Å². The third-order valence-corrected chi connectivity index (χ3v) is 3.74. The molecule has 0 atom stereocenters. The van der Waals surface area contributed by atoms with Gasteiger partial charge in [0.05, 0.1) is 10.5 Å². The van der Waals surface area contributed by atoms with Crippen molar-refractivity contribution in [3.63, 3.8) is 0 Å². The number of hydrogen-bond acceptors (Lipinski definition) is 6. The van der Waals surface area contributed by atoms with E-state index in [1.54, 1.807) is 0 Å². The Labute approximate surface area is 168 Å². The Kier molecular flexibility index (Phi) is 7.29. The summed E-state index contributed by atoms with van der Waals surface area (Å²) < 4.78 is 48.1. The fourth-order valence-corrected chi connectivity index (χ4v) is 2.33. The predicted octanol–water partition coefficient (Wildman–Crippen LogP) is 4.21. The lowest BCUT2D eigenvalue weighted by atomic mass is 10.1. The number of non-ortho nitro benzene ring substituents is 1. The van der Waals surface area contributed by atoms with Crippen LogP contribution < -0.4 is 4.74 Å². The molecule has 158 valence electrons. The number of Topliss-reactive ketones (excluding diaryl/α,β-unsaturated/α-hetero) is 1. The van der Waals surface area contributed by atoms with Crippen molar-refractivity contribution in [2.45, 2.75) is 13.1 Å². The van der Waals surface area contributed by atoms with E-state index in [0.717, 1.165) is 25.1 Å². The largest absolute Gasteiger partial charge is 0.490 e. The normalized spacial score (nSPS) is 11.7. The molecule has 0 aliphatic carbocycles. The summed E-state index contributed by atoms with van der Waals surface area (Å²) in [5.74, 6) is -1.66. The molecular weight excluding hydrogens is 407 g/mol. The first-order chi connectivity index (χ1) is 14.1. The Hall–Kier alpha value is -3.69. The molecule has 0 N–H and O–H groups in total. The van der Waals surface area contributed by atoms with Crippen LogP contribution in [0.5, 0.6) is 5.75 Å². The van der Waals surface area contributed by atoms with E-state index in [-0.39, 0.29) is 35.8 Å². The minimum atomic E-state index is -4.51. The molecule has 0 aromatic heterocycles. The fourth-order valence-electron chi connectivity index (χ4n) is 2.33. The summed E-state index contributed by atoms with van der Waals surface area (Å²) in [5.41, 5.74) is -1.17. The molecule has 0 fully saturated rings. The molecule has 30 heavy (non-hydrogen) atoms. The van der Waals surface area contributed by atoms with Crippen LogP contribution in [-0.2, 0) is 20.5 Å². The van der Waals surface area contributed by atoms with E-state index in [9.17, 15) is 32.9 Å². The molecule has 0 saturated carbocycles. The van der Waals surface area contributed by atoms with E-state index in [2.05, 4.69) is 0 Å². The molecule has 0 bridgehead atoms. The van der Waals surface area contributed by atoms with E-state index in [4.69, 9.17) is 9.47 Å². The number of ether oxygens (including phenoxy) is 2. The van der Waals surface area contributed by atoms with Gasteiger partial charge in [-0.25, -0.2) is 4.79 Å². The SMILES string of the molecule is CC(=O)C(=Cc1cccc([N+](=O)[O-])c1)C(=O)OCCOc1cccc(C(F)(F)F)c1. The van der Waals surface area contributed by atoms with Gasteiger partial charge in [-0.05, 0) is 36.8 Å². The first-order valence-electron chi connectivity index (χ1n) is 8.52. The number of nitrogens with zero attached hydrogens (tertiary/aromatic N) is 1. The smallest absolute Gasteiger partial charge is 0.416 e. The van der Waals surface area contributed by atoms with Gasteiger partial charge in [-0.3, -0.25) is 14.9 Å². The lowest BCUT2D eigenvalue weighted by molar-refractivity contribution is -0.384. The number of esters is 1. The molecule has 10 heteroatoms. The summed E-state index contributed by atoms with van der Waals surface area (Å²) in [6, 6.07) is 9.52. The standard InChI is InChI=1S/C20H16F3NO6/c1-13(25)18(11-14-4-2-6-16(10-14)24(27)28)19(26)30-9-8-29-17-7-3-5-15(12-17)20(21,22)23/h2-7,10-12H,8-9H2,1H3. The summed E-state index contributed by atoms with van der Waals surface area (Å²) in [5, 5.41) is 10.8. The molecule has 0 saturated heterocycles. The Bertz CT molecular complexity index is 985. The van der Waals surface area contributed by atoms with Crippen molar-refractivity contribution in [3.8, 4) is 5.75 Å². The highest BCUT2D eigenvalue weighted by atomic mass is 19.4. The van der Waals surface area contributed by atoms with Crippen LogP contribution in [0.3, 0.4) is 0 Å². The number of benzene rings is 2. The van der Waals surface area contributed by atoms with Gasteiger partial charge in [0.1, 0.15) is 24.5 Å². The molecule has 2 rings (SSSR count). The highest BCUT2D eigenvalue weighted by Crippen LogP contribution is 2.31. The van der Waals surface area contributed by atoms with E-state index < -0.39 is 28.4 Å². The number of nitro groups is 1. The average Bonchev–Trinajstić information content (AvgIpc) is 2.69. The molecule has 0 spiro atoms. The van der Waals surface area contributed by atoms with Crippen LogP contribution >= 0.6 is 0 Å². The first-order valence-corrected chi connectivity index (χ1v) is 8.52. The van der Waals surface area contributed by atoms with Crippen molar-refractivity contribution in [2.75, 3.05) is 13.2 Å². The number of ketones is 1. The number of nitro benzene ring substituents is 1. The van der Waals surface area contributed by atoms with E-state index in [0.29, 0.717) is 0 Å². The van der Waals surface area contributed by atoms with Crippen molar-refractivity contribution in [2.24, 2.45) is 0 Å². The molecule has 0 aliphatic heterocycles. The maximum absolute atomic E-state index is 12.7. The van der Waals surface area contributed by atoms with Gasteiger partial charge in [0.2, 0.25) is 0 Å². The molecule has 0 aliphatic rings. The lowest BCUT2D eigenvalue weighted by Gasteiger charge is -2.11. The number of halogens is 3. The number of rotatable bonds is 8. The van der Waals surface area contributed by atoms with Gasteiger partial charge in [-0.1, -0.05) is 18.2 Å². The van der Waals surface area contributed by atoms with Gasteiger partial charge in [-0.2, -0.15) is 13.2 Å². The zero-order valence-corrected chi connectivity index (χ0v) is 15.6. The Balaban J connectivity index is 1.99. The van der Waals surface area contributed by atoms with Gasteiger partial charge in [0.25, 0.3) is 5.69 Å². The lowest BCUT2D eigenvalue weighted by Crippen LogP contribution is -2.17. The van der Waals surface area contributed by atoms with Gasteiger partial charge in [0.15, 0.2) is 5.78 Å². The summed E-state index contributed by atoms with van der Waals surface area (Å²) in [7, 11) is 0. The van der Waals surface area contributed by atoms with E-state index in [1.807, 2.05) is 0 Å². The summed E-state index contributed by atoms with van der Waals surface area (Å²) >= 11 is 0. The topological polar surface area (TPSA) is 95.7 Å². The third-order valence-electron chi connectivity index (χ3n) is 3.74. The second-order valence-electron chi connectivity index (χ2n) is 5.98. The van der Waals surface area contributed by atoms with Gasteiger partial charge in [0, 0.05) is 12.1 Å².